The molecule has 4 nitrogen and oxygen atoms in total. The molecule has 1 unspecified atom stereocenters. The molecule has 0 radical (unpaired) electrons. The van der Waals surface area contributed by atoms with Crippen LogP contribution >= 0.6 is 24.8 Å². The van der Waals surface area contributed by atoms with E-state index in [-0.39, 0.29) is 36.8 Å². The Kier molecular flexibility index (Phi) is 6.66. The number of aromatic nitrogens is 1. The summed E-state index contributed by atoms with van der Waals surface area (Å²) in [6.07, 6.45) is 4.56. The second kappa shape index (κ2) is 8.35. The molecule has 0 bridgehead atoms. The first-order valence-electron chi connectivity index (χ1n) is 8.63. The maximum absolute atomic E-state index is 12.9. The number of pyridine rings is 1. The number of rotatable bonds is 3. The van der Waals surface area contributed by atoms with Crippen LogP contribution in [0.15, 0.2) is 24.3 Å². The lowest BCUT2D eigenvalue weighted by Crippen LogP contribution is -2.45. The third-order valence-electron chi connectivity index (χ3n) is 4.86. The van der Waals surface area contributed by atoms with Crippen LogP contribution in [-0.2, 0) is 0 Å². The summed E-state index contributed by atoms with van der Waals surface area (Å²) in [5.74, 6) is 0.585. The van der Waals surface area contributed by atoms with Crippen molar-refractivity contribution in [2.45, 2.75) is 44.6 Å². The molecule has 4 rings (SSSR count). The van der Waals surface area contributed by atoms with Gasteiger partial charge in [0.2, 0.25) is 0 Å². The molecule has 2 heterocycles. The topological polar surface area (TPSA) is 54.0 Å². The van der Waals surface area contributed by atoms with Crippen LogP contribution in [-0.4, -0.2) is 30.0 Å². The van der Waals surface area contributed by atoms with Gasteiger partial charge in [-0.3, -0.25) is 9.78 Å². The number of halogens is 2. The van der Waals surface area contributed by atoms with Crippen molar-refractivity contribution in [1.82, 2.24) is 15.6 Å². The third-order valence-corrected chi connectivity index (χ3v) is 4.86. The molecule has 0 spiro atoms. The summed E-state index contributed by atoms with van der Waals surface area (Å²) in [5, 5.41) is 7.52. The molecule has 2 aromatic rings. The predicted octanol–water partition coefficient (Wildman–Crippen LogP) is 3.75. The molecule has 1 aliphatic heterocycles. The van der Waals surface area contributed by atoms with Crippen LogP contribution in [0.2, 0.25) is 0 Å². The number of amides is 1. The summed E-state index contributed by atoms with van der Waals surface area (Å²) in [6.45, 7) is 3.97. The Balaban J connectivity index is 0.00000113. The summed E-state index contributed by atoms with van der Waals surface area (Å²) < 4.78 is 0. The zero-order valence-electron chi connectivity index (χ0n) is 14.4. The molecule has 1 aromatic heterocycles. The highest BCUT2D eigenvalue weighted by Gasteiger charge is 2.27. The Hall–Kier alpha value is -1.36. The second-order valence-electron chi connectivity index (χ2n) is 6.91. The Bertz CT molecular complexity index is 756. The number of piperidine rings is 1. The fourth-order valence-corrected chi connectivity index (χ4v) is 3.37. The normalized spacial score (nSPS) is 19.6. The largest absolute Gasteiger partial charge is 0.348 e. The smallest absolute Gasteiger partial charge is 0.252 e. The van der Waals surface area contributed by atoms with Gasteiger partial charge < -0.3 is 10.6 Å². The predicted molar refractivity (Wildman–Crippen MR) is 106 cm³/mol. The van der Waals surface area contributed by atoms with E-state index in [1.165, 1.54) is 12.8 Å². The van der Waals surface area contributed by atoms with Gasteiger partial charge in [-0.05, 0) is 57.4 Å². The molecule has 6 heteroatoms. The number of carbonyl (C=O) groups excluding carboxylic acids is 1. The van der Waals surface area contributed by atoms with Gasteiger partial charge in [-0.25, -0.2) is 0 Å². The van der Waals surface area contributed by atoms with Crippen LogP contribution in [0, 0.1) is 6.92 Å². The monoisotopic (exact) mass is 381 g/mol. The molecule has 1 amide bonds. The molecule has 1 atom stereocenters. The van der Waals surface area contributed by atoms with Crippen molar-refractivity contribution in [1.29, 1.82) is 0 Å². The van der Waals surface area contributed by atoms with E-state index >= 15 is 0 Å². The fraction of sp³-hybridized carbons (Fsp3) is 0.474. The minimum atomic E-state index is 0. The van der Waals surface area contributed by atoms with Gasteiger partial charge >= 0.3 is 0 Å². The molecular formula is C19H25Cl2N3O. The maximum Gasteiger partial charge on any atom is 0.252 e. The molecule has 2 aliphatic rings. The number of nitrogens with one attached hydrogen (secondary N) is 2. The number of benzene rings is 1. The summed E-state index contributed by atoms with van der Waals surface area (Å²) in [6, 6.07) is 8.43. The Labute approximate surface area is 161 Å². The van der Waals surface area contributed by atoms with Gasteiger partial charge in [0.05, 0.1) is 11.1 Å². The number of hydrogen-bond donors (Lipinski definition) is 2. The number of hydrogen-bond acceptors (Lipinski definition) is 3. The standard InChI is InChI=1S/C19H23N3O.2ClH/c1-12-4-7-17-15(9-12)16(10-18(22-17)13-5-6-13)19(23)21-14-3-2-8-20-11-14;;/h4,7,9-10,13-14,20H,2-3,5-6,8,11H2,1H3,(H,21,23);2*1H. The lowest BCUT2D eigenvalue weighted by molar-refractivity contribution is 0.0932. The van der Waals surface area contributed by atoms with E-state index in [1.54, 1.807) is 0 Å². The van der Waals surface area contributed by atoms with Crippen LogP contribution in [0.5, 0.6) is 0 Å². The second-order valence-corrected chi connectivity index (χ2v) is 6.91. The molecule has 1 saturated carbocycles. The van der Waals surface area contributed by atoms with Crippen LogP contribution in [0.4, 0.5) is 0 Å². The van der Waals surface area contributed by atoms with Crippen LogP contribution in [0.1, 0.15) is 53.2 Å². The third kappa shape index (κ3) is 4.43. The molecule has 2 fully saturated rings. The summed E-state index contributed by atoms with van der Waals surface area (Å²) in [4.78, 5) is 17.6. The van der Waals surface area contributed by atoms with E-state index in [4.69, 9.17) is 4.98 Å². The van der Waals surface area contributed by atoms with Crippen LogP contribution in [0.3, 0.4) is 0 Å². The van der Waals surface area contributed by atoms with Crippen LogP contribution in [0.25, 0.3) is 10.9 Å². The van der Waals surface area contributed by atoms with E-state index in [1.807, 2.05) is 12.1 Å². The van der Waals surface area contributed by atoms with Gasteiger partial charge in [0.1, 0.15) is 0 Å². The molecule has 2 N–H and O–H groups in total. The Morgan fingerprint density at radius 2 is 2.00 bits per heavy atom. The van der Waals surface area contributed by atoms with Crippen molar-refractivity contribution in [2.24, 2.45) is 0 Å². The zero-order chi connectivity index (χ0) is 15.8. The maximum atomic E-state index is 12.9. The van der Waals surface area contributed by atoms with Crippen molar-refractivity contribution in [3.63, 3.8) is 0 Å². The quantitative estimate of drug-likeness (QED) is 0.850. The lowest BCUT2D eigenvalue weighted by atomic mass is 10.0. The van der Waals surface area contributed by atoms with E-state index in [0.717, 1.165) is 53.7 Å². The Morgan fingerprint density at radius 1 is 1.20 bits per heavy atom. The average Bonchev–Trinajstić information content (AvgIpc) is 3.39. The van der Waals surface area contributed by atoms with Crippen molar-refractivity contribution in [3.05, 3.63) is 41.1 Å². The molecule has 1 saturated heterocycles. The minimum Gasteiger partial charge on any atom is -0.348 e. The van der Waals surface area contributed by atoms with Crippen molar-refractivity contribution in [2.75, 3.05) is 13.1 Å². The van der Waals surface area contributed by atoms with Crippen molar-refractivity contribution < 1.29 is 4.79 Å². The SMILES string of the molecule is Cc1ccc2nc(C3CC3)cc(C(=O)NC3CCCNC3)c2c1.Cl.Cl. The van der Waals surface area contributed by atoms with E-state index in [2.05, 4.69) is 29.7 Å². The average molecular weight is 382 g/mol. The number of aryl methyl sites for hydroxylation is 1. The molecule has 1 aliphatic carbocycles. The van der Waals surface area contributed by atoms with Crippen molar-refractivity contribution in [3.8, 4) is 0 Å². The number of nitrogens with zero attached hydrogens (tertiary/aromatic N) is 1. The number of fused-ring (bicyclic) bond motifs is 1. The van der Waals surface area contributed by atoms with E-state index in [0.29, 0.717) is 5.92 Å². The highest BCUT2D eigenvalue weighted by molar-refractivity contribution is 6.06. The van der Waals surface area contributed by atoms with Gasteiger partial charge in [-0.2, -0.15) is 0 Å². The lowest BCUT2D eigenvalue weighted by Gasteiger charge is -2.24. The van der Waals surface area contributed by atoms with Gasteiger partial charge in [0.25, 0.3) is 5.91 Å². The first kappa shape index (κ1) is 20.0. The van der Waals surface area contributed by atoms with Gasteiger partial charge in [-0.15, -0.1) is 24.8 Å². The molecule has 25 heavy (non-hydrogen) atoms. The summed E-state index contributed by atoms with van der Waals surface area (Å²) in [7, 11) is 0. The van der Waals surface area contributed by atoms with Crippen molar-refractivity contribution >= 4 is 41.6 Å². The molecular weight excluding hydrogens is 357 g/mol. The molecule has 1 aromatic carbocycles. The zero-order valence-corrected chi connectivity index (χ0v) is 16.0. The fourth-order valence-electron chi connectivity index (χ4n) is 3.37. The molecule has 136 valence electrons. The van der Waals surface area contributed by atoms with E-state index in [9.17, 15) is 4.79 Å². The number of carbonyl (C=O) groups is 1. The highest BCUT2D eigenvalue weighted by Crippen LogP contribution is 2.40. The van der Waals surface area contributed by atoms with Crippen LogP contribution < -0.4 is 10.6 Å². The highest BCUT2D eigenvalue weighted by atomic mass is 35.5. The van der Waals surface area contributed by atoms with Gasteiger partial charge in [0, 0.05) is 29.6 Å². The Morgan fingerprint density at radius 3 is 2.68 bits per heavy atom. The van der Waals surface area contributed by atoms with E-state index < -0.39 is 0 Å². The first-order valence-corrected chi connectivity index (χ1v) is 8.63. The van der Waals surface area contributed by atoms with Gasteiger partial charge in [-0.1, -0.05) is 11.6 Å². The minimum absolute atomic E-state index is 0. The first-order chi connectivity index (χ1) is 11.2. The summed E-state index contributed by atoms with van der Waals surface area (Å²) in [5.41, 5.74) is 3.96. The summed E-state index contributed by atoms with van der Waals surface area (Å²) >= 11 is 0. The van der Waals surface area contributed by atoms with Gasteiger partial charge in [0.15, 0.2) is 0 Å².